The molecule has 3 heteroatoms. The molecule has 0 saturated carbocycles. The predicted octanol–water partition coefficient (Wildman–Crippen LogP) is 4.56. The van der Waals surface area contributed by atoms with Crippen molar-refractivity contribution in [3.05, 3.63) is 91.0 Å². The Balaban J connectivity index is 2.45. The maximum absolute atomic E-state index is 6.62. The van der Waals surface area contributed by atoms with Crippen molar-refractivity contribution in [2.45, 2.75) is 19.4 Å². The summed E-state index contributed by atoms with van der Waals surface area (Å²) < 4.78 is 0. The fourth-order valence-electron chi connectivity index (χ4n) is 3.70. The van der Waals surface area contributed by atoms with Crippen LogP contribution in [0.25, 0.3) is 0 Å². The van der Waals surface area contributed by atoms with Gasteiger partial charge >= 0.3 is 159 Å². The molecule has 2 N–H and O–H groups in total. The molecule has 0 atom stereocenters. The molecule has 0 fully saturated rings. The fraction of sp³-hybridized carbons (Fsp3) is 0.182. The molecule has 0 amide bonds. The molecule has 130 valence electrons. The zero-order valence-corrected chi connectivity index (χ0v) is 17.3. The second kappa shape index (κ2) is 6.68. The second-order valence-electron chi connectivity index (χ2n) is 7.34. The maximum atomic E-state index is 6.62. The van der Waals surface area contributed by atoms with Crippen LogP contribution in [-0.4, -0.2) is 11.7 Å². The monoisotopic (exact) mass is 413 g/mol. The summed E-state index contributed by atoms with van der Waals surface area (Å²) in [5.74, 6) is 0. The number of hydrogen-bond acceptors (Lipinski definition) is 1. The number of nitrogens with two attached hydrogens (primary N) is 1. The Hall–Kier alpha value is -1.47. The van der Waals surface area contributed by atoms with Gasteiger partial charge < -0.3 is 0 Å². The predicted molar refractivity (Wildman–Crippen MR) is 117 cm³/mol. The van der Waals surface area contributed by atoms with Crippen LogP contribution in [0.1, 0.15) is 13.8 Å². The normalized spacial score (nSPS) is 13.8. The molecular formula is C22H25BrNP. The third-order valence-electron chi connectivity index (χ3n) is 4.59. The molecule has 0 bridgehead atoms. The Morgan fingerprint density at radius 3 is 1.20 bits per heavy atom. The molecule has 0 aliphatic carbocycles. The van der Waals surface area contributed by atoms with E-state index in [0.717, 1.165) is 6.16 Å². The van der Waals surface area contributed by atoms with Crippen molar-refractivity contribution in [1.29, 1.82) is 0 Å². The van der Waals surface area contributed by atoms with Gasteiger partial charge in [0.05, 0.1) is 0 Å². The van der Waals surface area contributed by atoms with Crippen molar-refractivity contribution in [1.82, 2.24) is 0 Å². The van der Waals surface area contributed by atoms with Crippen LogP contribution in [0.3, 0.4) is 0 Å². The van der Waals surface area contributed by atoms with Gasteiger partial charge in [0.25, 0.3) is 0 Å². The standard InChI is InChI=1S/C22H25BrNP/c1-22(2,24)18-25(23,19-12-6-3-7-13-19,20-14-8-4-9-15-20)21-16-10-5-11-17-21/h3-17H,18,24H2,1-2H3. The number of benzene rings is 3. The van der Waals surface area contributed by atoms with Crippen molar-refractivity contribution in [3.8, 4) is 0 Å². The third kappa shape index (κ3) is 3.31. The van der Waals surface area contributed by atoms with Crippen molar-refractivity contribution in [2.75, 3.05) is 6.16 Å². The zero-order valence-electron chi connectivity index (χ0n) is 14.8. The van der Waals surface area contributed by atoms with Gasteiger partial charge in [0.1, 0.15) is 0 Å². The summed E-state index contributed by atoms with van der Waals surface area (Å²) in [6.07, 6.45) is 0.844. The fourth-order valence-corrected chi connectivity index (χ4v) is 13.1. The van der Waals surface area contributed by atoms with Crippen LogP contribution in [0, 0.1) is 0 Å². The average molecular weight is 414 g/mol. The summed E-state index contributed by atoms with van der Waals surface area (Å²) >= 11 is 4.40. The van der Waals surface area contributed by atoms with Crippen LogP contribution < -0.4 is 21.6 Å². The van der Waals surface area contributed by atoms with Crippen molar-refractivity contribution >= 4 is 36.7 Å². The summed E-state index contributed by atoms with van der Waals surface area (Å²) in [6, 6.07) is 32.3. The quantitative estimate of drug-likeness (QED) is 0.609. The van der Waals surface area contributed by atoms with Gasteiger partial charge in [-0.3, -0.25) is 0 Å². The molecule has 0 heterocycles. The minimum atomic E-state index is -2.88. The van der Waals surface area contributed by atoms with Crippen LogP contribution in [-0.2, 0) is 0 Å². The summed E-state index contributed by atoms with van der Waals surface area (Å²) in [5.41, 5.74) is 6.29. The Morgan fingerprint density at radius 2 is 0.960 bits per heavy atom. The Kier molecular flexibility index (Phi) is 4.90. The summed E-state index contributed by atoms with van der Waals surface area (Å²) in [4.78, 5) is 0. The minimum absolute atomic E-state index is 0.331. The molecule has 0 aliphatic rings. The number of hydrogen-bond donors (Lipinski definition) is 1. The van der Waals surface area contributed by atoms with E-state index >= 15 is 0 Å². The first-order valence-corrected chi connectivity index (χ1v) is 13.0. The topological polar surface area (TPSA) is 26.0 Å². The van der Waals surface area contributed by atoms with Crippen LogP contribution in [0.15, 0.2) is 91.0 Å². The van der Waals surface area contributed by atoms with E-state index in [9.17, 15) is 0 Å². The first-order chi connectivity index (χ1) is 11.8. The molecule has 3 aromatic carbocycles. The van der Waals surface area contributed by atoms with E-state index in [0.29, 0.717) is 0 Å². The van der Waals surface area contributed by atoms with E-state index in [1.807, 2.05) is 0 Å². The van der Waals surface area contributed by atoms with Crippen LogP contribution >= 0.6 is 20.8 Å². The number of rotatable bonds is 5. The molecule has 0 saturated heterocycles. The first kappa shape index (κ1) is 18.3. The molecule has 0 aliphatic heterocycles. The Labute approximate surface area is 158 Å². The van der Waals surface area contributed by atoms with E-state index in [2.05, 4.69) is 120 Å². The van der Waals surface area contributed by atoms with Gasteiger partial charge in [-0.05, 0) is 0 Å². The molecule has 3 rings (SSSR count). The van der Waals surface area contributed by atoms with Gasteiger partial charge in [-0.25, -0.2) is 0 Å². The van der Waals surface area contributed by atoms with Gasteiger partial charge in [0.15, 0.2) is 0 Å². The molecule has 0 unspecified atom stereocenters. The van der Waals surface area contributed by atoms with Crippen molar-refractivity contribution in [2.24, 2.45) is 5.73 Å². The van der Waals surface area contributed by atoms with Gasteiger partial charge in [-0.2, -0.15) is 0 Å². The molecule has 3 aromatic rings. The van der Waals surface area contributed by atoms with E-state index in [4.69, 9.17) is 5.73 Å². The summed E-state index contributed by atoms with van der Waals surface area (Å²) in [6.45, 7) is 4.23. The SMILES string of the molecule is CC(C)(N)CP(Br)(c1ccccc1)(c1ccccc1)c1ccccc1. The summed E-state index contributed by atoms with van der Waals surface area (Å²) in [5, 5.41) is 1.05. The van der Waals surface area contributed by atoms with E-state index in [1.165, 1.54) is 15.9 Å². The van der Waals surface area contributed by atoms with Crippen molar-refractivity contribution < 1.29 is 0 Å². The van der Waals surface area contributed by atoms with Crippen LogP contribution in [0.2, 0.25) is 0 Å². The molecule has 0 spiro atoms. The molecular weight excluding hydrogens is 389 g/mol. The second-order valence-corrected chi connectivity index (χ2v) is 16.3. The van der Waals surface area contributed by atoms with Crippen LogP contribution in [0.4, 0.5) is 0 Å². The molecule has 0 aromatic heterocycles. The third-order valence-corrected chi connectivity index (χ3v) is 14.6. The first-order valence-electron chi connectivity index (χ1n) is 8.53. The van der Waals surface area contributed by atoms with Gasteiger partial charge in [0, 0.05) is 0 Å². The van der Waals surface area contributed by atoms with Crippen molar-refractivity contribution in [3.63, 3.8) is 0 Å². The zero-order chi connectivity index (χ0) is 18.0. The Bertz CT molecular complexity index is 727. The van der Waals surface area contributed by atoms with E-state index < -0.39 is 5.31 Å². The van der Waals surface area contributed by atoms with Gasteiger partial charge in [-0.1, -0.05) is 0 Å². The molecule has 0 radical (unpaired) electrons. The van der Waals surface area contributed by atoms with E-state index in [1.54, 1.807) is 0 Å². The van der Waals surface area contributed by atoms with Crippen LogP contribution in [0.5, 0.6) is 0 Å². The average Bonchev–Trinajstić information content (AvgIpc) is 2.63. The van der Waals surface area contributed by atoms with Gasteiger partial charge in [-0.15, -0.1) is 0 Å². The van der Waals surface area contributed by atoms with E-state index in [-0.39, 0.29) is 5.54 Å². The van der Waals surface area contributed by atoms with Gasteiger partial charge in [0.2, 0.25) is 0 Å². The molecule has 25 heavy (non-hydrogen) atoms. The number of halogens is 1. The molecule has 1 nitrogen and oxygen atoms in total. The Morgan fingerprint density at radius 1 is 0.680 bits per heavy atom. The summed E-state index contributed by atoms with van der Waals surface area (Å²) in [7, 11) is 0.